The smallest absolute Gasteiger partial charge is 0.338 e. The first-order valence-corrected chi connectivity index (χ1v) is 20.8. The van der Waals surface area contributed by atoms with Crippen LogP contribution in [0.3, 0.4) is 0 Å². The minimum Gasteiger partial charge on any atom is -0.456 e. The molecule has 282 valence electrons. The first-order valence-electron chi connectivity index (χ1n) is 20.8. The fraction of sp³-hybridized carbons (Fsp3) is 0.795. The number of ether oxygens (including phenoxy) is 3. The zero-order chi connectivity index (χ0) is 35.3. The quantitative estimate of drug-likeness (QED) is 0.0401. The number of carbonyl (C=O) groups is 1. The summed E-state index contributed by atoms with van der Waals surface area (Å²) in [5, 5.41) is 0. The molecule has 2 rings (SSSR count). The van der Waals surface area contributed by atoms with Gasteiger partial charge in [-0.3, -0.25) is 0 Å². The molecule has 0 spiro atoms. The van der Waals surface area contributed by atoms with Gasteiger partial charge in [-0.2, -0.15) is 0 Å². The highest BCUT2D eigenvalue weighted by molar-refractivity contribution is 5.78. The van der Waals surface area contributed by atoms with E-state index in [0.717, 1.165) is 38.5 Å². The molecule has 2 aliphatic heterocycles. The standard InChI is InChI=1S/C44H77NO4/c1-5-7-9-11-13-15-17-19-21-23-25-27-29-31-33-35-37-44(48-41-40(39-45(3)4)47-43(46)42(41)49-44)38-36-34-32-30-28-26-24-22-20-18-16-14-12-10-8-6-2/h13-16,19-22,40-42H,5-12,17-18,23-39H2,1-4H3/t40-,41+,42-,44?/m1/s1. The average molecular weight is 684 g/mol. The largest absolute Gasteiger partial charge is 0.456 e. The molecule has 0 bridgehead atoms. The van der Waals surface area contributed by atoms with Crippen molar-refractivity contribution in [3.63, 3.8) is 0 Å². The van der Waals surface area contributed by atoms with Crippen molar-refractivity contribution in [1.29, 1.82) is 0 Å². The summed E-state index contributed by atoms with van der Waals surface area (Å²) in [7, 11) is 4.02. The fourth-order valence-corrected chi connectivity index (χ4v) is 7.00. The molecule has 0 radical (unpaired) electrons. The number of unbranched alkanes of at least 4 members (excludes halogenated alkanes) is 18. The van der Waals surface area contributed by atoms with Crippen molar-refractivity contribution < 1.29 is 19.0 Å². The number of hydrogen-bond acceptors (Lipinski definition) is 5. The number of cyclic esters (lactones) is 1. The van der Waals surface area contributed by atoms with Crippen molar-refractivity contribution >= 4 is 5.97 Å². The maximum atomic E-state index is 12.7. The van der Waals surface area contributed by atoms with Gasteiger partial charge in [-0.15, -0.1) is 0 Å². The Morgan fingerprint density at radius 3 is 1.39 bits per heavy atom. The first kappa shape index (κ1) is 43.5. The van der Waals surface area contributed by atoms with Gasteiger partial charge in [-0.05, 0) is 91.1 Å². The van der Waals surface area contributed by atoms with Gasteiger partial charge in [-0.25, -0.2) is 4.79 Å². The van der Waals surface area contributed by atoms with Gasteiger partial charge in [0.25, 0.3) is 0 Å². The highest BCUT2D eigenvalue weighted by Crippen LogP contribution is 2.42. The molecular weight excluding hydrogens is 606 g/mol. The Kier molecular flexibility index (Phi) is 25.7. The zero-order valence-corrected chi connectivity index (χ0v) is 32.5. The zero-order valence-electron chi connectivity index (χ0n) is 32.5. The van der Waals surface area contributed by atoms with Gasteiger partial charge < -0.3 is 19.1 Å². The molecular formula is C44H77NO4. The molecule has 49 heavy (non-hydrogen) atoms. The lowest BCUT2D eigenvalue weighted by atomic mass is 9.98. The Labute approximate surface area is 303 Å². The Morgan fingerprint density at radius 1 is 0.551 bits per heavy atom. The van der Waals surface area contributed by atoms with Crippen LogP contribution in [0, 0.1) is 0 Å². The van der Waals surface area contributed by atoms with E-state index in [1.165, 1.54) is 128 Å². The van der Waals surface area contributed by atoms with E-state index >= 15 is 0 Å². The second-order valence-corrected chi connectivity index (χ2v) is 14.9. The van der Waals surface area contributed by atoms with Crippen LogP contribution in [0.2, 0.25) is 0 Å². The molecule has 2 saturated heterocycles. The van der Waals surface area contributed by atoms with E-state index < -0.39 is 11.9 Å². The summed E-state index contributed by atoms with van der Waals surface area (Å²) >= 11 is 0. The summed E-state index contributed by atoms with van der Waals surface area (Å²) in [6.07, 6.45) is 49.0. The van der Waals surface area contributed by atoms with Crippen molar-refractivity contribution in [2.75, 3.05) is 20.6 Å². The molecule has 2 fully saturated rings. The van der Waals surface area contributed by atoms with Gasteiger partial charge in [-0.1, -0.05) is 140 Å². The molecule has 3 atom stereocenters. The predicted molar refractivity (Wildman–Crippen MR) is 209 cm³/mol. The number of esters is 1. The van der Waals surface area contributed by atoms with E-state index in [4.69, 9.17) is 14.2 Å². The predicted octanol–water partition coefficient (Wildman–Crippen LogP) is 12.4. The van der Waals surface area contributed by atoms with Crippen LogP contribution in [0.5, 0.6) is 0 Å². The number of fused-ring (bicyclic) bond motifs is 1. The van der Waals surface area contributed by atoms with Gasteiger partial charge in [0.15, 0.2) is 11.9 Å². The summed E-state index contributed by atoms with van der Waals surface area (Å²) in [5.74, 6) is -0.878. The van der Waals surface area contributed by atoms with Crippen LogP contribution in [-0.2, 0) is 19.0 Å². The van der Waals surface area contributed by atoms with Crippen LogP contribution >= 0.6 is 0 Å². The summed E-state index contributed by atoms with van der Waals surface area (Å²) in [4.78, 5) is 14.8. The lowest BCUT2D eigenvalue weighted by molar-refractivity contribution is -0.211. The third-order valence-corrected chi connectivity index (χ3v) is 9.92. The number of hydrogen-bond donors (Lipinski definition) is 0. The van der Waals surface area contributed by atoms with E-state index in [1.54, 1.807) is 0 Å². The average Bonchev–Trinajstić information content (AvgIpc) is 3.59. The van der Waals surface area contributed by atoms with Crippen LogP contribution < -0.4 is 0 Å². The van der Waals surface area contributed by atoms with Gasteiger partial charge in [0.05, 0.1) is 0 Å². The van der Waals surface area contributed by atoms with Gasteiger partial charge >= 0.3 is 5.97 Å². The van der Waals surface area contributed by atoms with Gasteiger partial charge in [0, 0.05) is 19.4 Å². The molecule has 0 amide bonds. The summed E-state index contributed by atoms with van der Waals surface area (Å²) in [6, 6.07) is 0. The van der Waals surface area contributed by atoms with Crippen molar-refractivity contribution in [3.8, 4) is 0 Å². The molecule has 5 nitrogen and oxygen atoms in total. The topological polar surface area (TPSA) is 48.0 Å². The lowest BCUT2D eigenvalue weighted by Gasteiger charge is -2.30. The molecule has 0 aromatic heterocycles. The molecule has 0 N–H and O–H groups in total. The normalized spacial score (nSPS) is 22.6. The van der Waals surface area contributed by atoms with Crippen LogP contribution in [0.1, 0.15) is 181 Å². The molecule has 5 heteroatoms. The van der Waals surface area contributed by atoms with Crippen molar-refractivity contribution in [1.82, 2.24) is 4.90 Å². The summed E-state index contributed by atoms with van der Waals surface area (Å²) in [6.45, 7) is 5.19. The van der Waals surface area contributed by atoms with Crippen LogP contribution in [0.25, 0.3) is 0 Å². The monoisotopic (exact) mass is 684 g/mol. The lowest BCUT2D eigenvalue weighted by Crippen LogP contribution is -2.38. The number of allylic oxidation sites excluding steroid dienone is 8. The van der Waals surface area contributed by atoms with Gasteiger partial charge in [0.2, 0.25) is 0 Å². The van der Waals surface area contributed by atoms with E-state index in [0.29, 0.717) is 6.54 Å². The Morgan fingerprint density at radius 2 is 0.959 bits per heavy atom. The fourth-order valence-electron chi connectivity index (χ4n) is 7.00. The van der Waals surface area contributed by atoms with E-state index in [-0.39, 0.29) is 18.2 Å². The minimum absolute atomic E-state index is 0.243. The summed E-state index contributed by atoms with van der Waals surface area (Å²) < 4.78 is 18.8. The van der Waals surface area contributed by atoms with Crippen molar-refractivity contribution in [3.05, 3.63) is 48.6 Å². The molecule has 0 aliphatic carbocycles. The highest BCUT2D eigenvalue weighted by atomic mass is 16.8. The molecule has 0 unspecified atom stereocenters. The van der Waals surface area contributed by atoms with E-state index in [1.807, 2.05) is 14.1 Å². The van der Waals surface area contributed by atoms with Crippen LogP contribution in [-0.4, -0.2) is 55.6 Å². The third kappa shape index (κ3) is 20.7. The maximum absolute atomic E-state index is 12.7. The SMILES string of the molecule is CCCCCC=CCC=CCCCCCCCCC1(CCCCCCCCC=CCC=CCCCCC)O[C@H]2[C@@H](CN(C)C)OC(=O)[C@@H]2O1. The molecule has 2 aliphatic rings. The summed E-state index contributed by atoms with van der Waals surface area (Å²) in [5.41, 5.74) is 0. The second kappa shape index (κ2) is 28.9. The molecule has 0 aromatic rings. The molecule has 0 saturated carbocycles. The van der Waals surface area contributed by atoms with Crippen molar-refractivity contribution in [2.24, 2.45) is 0 Å². The Bertz CT molecular complexity index is 874. The first-order chi connectivity index (χ1) is 24.0. The number of rotatable bonds is 32. The number of carbonyl (C=O) groups excluding carboxylic acids is 1. The van der Waals surface area contributed by atoms with Crippen molar-refractivity contribution in [2.45, 2.75) is 205 Å². The van der Waals surface area contributed by atoms with Crippen LogP contribution in [0.15, 0.2) is 48.6 Å². The number of nitrogens with zero attached hydrogens (tertiary/aromatic N) is 1. The number of likely N-dealkylation sites (N-methyl/N-ethyl adjacent to an activating group) is 1. The minimum atomic E-state index is -0.635. The molecule has 2 heterocycles. The Balaban J connectivity index is 1.63. The third-order valence-electron chi connectivity index (χ3n) is 9.92. The highest BCUT2D eigenvalue weighted by Gasteiger charge is 2.58. The second-order valence-electron chi connectivity index (χ2n) is 14.9. The maximum Gasteiger partial charge on any atom is 0.338 e. The van der Waals surface area contributed by atoms with E-state index in [9.17, 15) is 4.79 Å². The van der Waals surface area contributed by atoms with E-state index in [2.05, 4.69) is 67.4 Å². The van der Waals surface area contributed by atoms with Gasteiger partial charge in [0.1, 0.15) is 12.2 Å². The molecule has 0 aromatic carbocycles. The van der Waals surface area contributed by atoms with Crippen LogP contribution in [0.4, 0.5) is 0 Å². The Hall–Kier alpha value is -1.69.